The van der Waals surface area contributed by atoms with Crippen molar-refractivity contribution in [1.29, 1.82) is 0 Å². The number of rotatable bonds is 2. The Labute approximate surface area is 104 Å². The van der Waals surface area contributed by atoms with Gasteiger partial charge in [0.2, 0.25) is 0 Å². The van der Waals surface area contributed by atoms with Gasteiger partial charge in [-0.15, -0.1) is 0 Å². The van der Waals surface area contributed by atoms with E-state index >= 15 is 0 Å². The molecule has 1 saturated heterocycles. The van der Waals surface area contributed by atoms with Gasteiger partial charge in [-0.25, -0.2) is 4.79 Å². The predicted molar refractivity (Wildman–Crippen MR) is 68.7 cm³/mol. The summed E-state index contributed by atoms with van der Waals surface area (Å²) in [7, 11) is 0. The van der Waals surface area contributed by atoms with Crippen LogP contribution in [-0.2, 0) is 4.74 Å². The van der Waals surface area contributed by atoms with Crippen molar-refractivity contribution in [3.8, 4) is 0 Å². The fourth-order valence-electron chi connectivity index (χ4n) is 2.33. The minimum Gasteiger partial charge on any atom is -0.444 e. The monoisotopic (exact) mass is 242 g/mol. The number of amides is 1. The van der Waals surface area contributed by atoms with Crippen LogP contribution in [0.25, 0.3) is 0 Å². The first kappa shape index (κ1) is 14.3. The Balaban J connectivity index is 2.46. The highest BCUT2D eigenvalue weighted by molar-refractivity contribution is 5.68. The molecule has 1 aliphatic heterocycles. The van der Waals surface area contributed by atoms with E-state index in [1.54, 1.807) is 0 Å². The number of ether oxygens (including phenoxy) is 1. The topological polar surface area (TPSA) is 55.6 Å². The summed E-state index contributed by atoms with van der Waals surface area (Å²) in [6.45, 7) is 10.2. The maximum Gasteiger partial charge on any atom is 0.410 e. The fourth-order valence-corrected chi connectivity index (χ4v) is 2.33. The van der Waals surface area contributed by atoms with Crippen molar-refractivity contribution in [3.63, 3.8) is 0 Å². The zero-order valence-corrected chi connectivity index (χ0v) is 11.5. The number of nitrogens with zero attached hydrogens (tertiary/aromatic N) is 1. The van der Waals surface area contributed by atoms with Gasteiger partial charge < -0.3 is 15.4 Å². The zero-order chi connectivity index (χ0) is 13.1. The molecule has 2 atom stereocenters. The lowest BCUT2D eigenvalue weighted by atomic mass is 9.85. The van der Waals surface area contributed by atoms with E-state index in [9.17, 15) is 4.79 Å². The molecule has 1 aliphatic rings. The normalized spacial score (nSPS) is 25.8. The summed E-state index contributed by atoms with van der Waals surface area (Å²) in [6, 6.07) is 0. The summed E-state index contributed by atoms with van der Waals surface area (Å²) in [5.41, 5.74) is 5.19. The molecule has 4 heteroatoms. The molecule has 0 aromatic carbocycles. The van der Waals surface area contributed by atoms with Gasteiger partial charge in [-0.2, -0.15) is 0 Å². The SMILES string of the molecule is CC1CN(C(=O)OC(C)(C)C)CCC1CCN. The van der Waals surface area contributed by atoms with Crippen molar-refractivity contribution in [2.45, 2.75) is 46.1 Å². The molecule has 0 bridgehead atoms. The molecule has 1 heterocycles. The number of carbonyl (C=O) groups excluding carboxylic acids is 1. The summed E-state index contributed by atoms with van der Waals surface area (Å²) in [6.07, 6.45) is 1.91. The summed E-state index contributed by atoms with van der Waals surface area (Å²) in [4.78, 5) is 13.7. The molecule has 2 unspecified atom stereocenters. The number of piperidine rings is 1. The molecular weight excluding hydrogens is 216 g/mol. The standard InChI is InChI=1S/C13H26N2O2/c1-10-9-15(8-6-11(10)5-7-14)12(16)17-13(2,3)4/h10-11H,5-9,14H2,1-4H3. The predicted octanol–water partition coefficient (Wildman–Crippen LogP) is 2.23. The van der Waals surface area contributed by atoms with E-state index in [0.717, 1.165) is 32.5 Å². The zero-order valence-electron chi connectivity index (χ0n) is 11.5. The van der Waals surface area contributed by atoms with Crippen LogP contribution < -0.4 is 5.73 Å². The van der Waals surface area contributed by atoms with Crippen molar-refractivity contribution < 1.29 is 9.53 Å². The highest BCUT2D eigenvalue weighted by Gasteiger charge is 2.30. The summed E-state index contributed by atoms with van der Waals surface area (Å²) in [5.74, 6) is 1.17. The van der Waals surface area contributed by atoms with E-state index in [4.69, 9.17) is 10.5 Å². The molecule has 0 spiro atoms. The molecule has 0 saturated carbocycles. The number of likely N-dealkylation sites (tertiary alicyclic amines) is 1. The summed E-state index contributed by atoms with van der Waals surface area (Å²) < 4.78 is 5.38. The molecule has 17 heavy (non-hydrogen) atoms. The second-order valence-corrected chi connectivity index (χ2v) is 6.03. The molecule has 100 valence electrons. The number of nitrogens with two attached hydrogens (primary N) is 1. The second kappa shape index (κ2) is 5.71. The van der Waals surface area contributed by atoms with Crippen LogP contribution in [0.4, 0.5) is 4.79 Å². The molecule has 1 rings (SSSR count). The Morgan fingerprint density at radius 1 is 1.47 bits per heavy atom. The number of carbonyl (C=O) groups is 1. The minimum absolute atomic E-state index is 0.185. The maximum absolute atomic E-state index is 11.9. The Kier molecular flexibility index (Phi) is 4.80. The van der Waals surface area contributed by atoms with Crippen LogP contribution in [0, 0.1) is 11.8 Å². The van der Waals surface area contributed by atoms with Gasteiger partial charge in [0.1, 0.15) is 5.60 Å². The van der Waals surface area contributed by atoms with Crippen LogP contribution in [0.5, 0.6) is 0 Å². The van der Waals surface area contributed by atoms with Crippen LogP contribution >= 0.6 is 0 Å². The Morgan fingerprint density at radius 3 is 2.59 bits per heavy atom. The van der Waals surface area contributed by atoms with Gasteiger partial charge in [-0.05, 0) is 52.0 Å². The van der Waals surface area contributed by atoms with Gasteiger partial charge in [0.15, 0.2) is 0 Å². The summed E-state index contributed by atoms with van der Waals surface area (Å²) >= 11 is 0. The van der Waals surface area contributed by atoms with Crippen LogP contribution in [-0.4, -0.2) is 36.2 Å². The summed E-state index contributed by atoms with van der Waals surface area (Å²) in [5, 5.41) is 0. The quantitative estimate of drug-likeness (QED) is 0.808. The largest absolute Gasteiger partial charge is 0.444 e. The molecule has 2 N–H and O–H groups in total. The van der Waals surface area contributed by atoms with E-state index in [1.165, 1.54) is 0 Å². The Bertz CT molecular complexity index is 261. The average Bonchev–Trinajstić information content (AvgIpc) is 2.18. The van der Waals surface area contributed by atoms with Crippen LogP contribution in [0.2, 0.25) is 0 Å². The van der Waals surface area contributed by atoms with Gasteiger partial charge in [0.05, 0.1) is 0 Å². The van der Waals surface area contributed by atoms with Gasteiger partial charge in [-0.1, -0.05) is 6.92 Å². The van der Waals surface area contributed by atoms with Crippen molar-refractivity contribution in [2.75, 3.05) is 19.6 Å². The molecule has 0 aromatic heterocycles. The molecule has 0 aliphatic carbocycles. The number of hydrogen-bond donors (Lipinski definition) is 1. The minimum atomic E-state index is -0.408. The smallest absolute Gasteiger partial charge is 0.410 e. The van der Waals surface area contributed by atoms with E-state index in [2.05, 4.69) is 6.92 Å². The molecular formula is C13H26N2O2. The Morgan fingerprint density at radius 2 is 2.12 bits per heavy atom. The van der Waals surface area contributed by atoms with Crippen LogP contribution in [0.3, 0.4) is 0 Å². The third-order valence-corrected chi connectivity index (χ3v) is 3.27. The van der Waals surface area contributed by atoms with Crippen molar-refractivity contribution in [1.82, 2.24) is 4.90 Å². The lowest BCUT2D eigenvalue weighted by Gasteiger charge is -2.37. The van der Waals surface area contributed by atoms with Gasteiger partial charge in [0, 0.05) is 13.1 Å². The van der Waals surface area contributed by atoms with E-state index < -0.39 is 5.60 Å². The van der Waals surface area contributed by atoms with Gasteiger partial charge in [-0.3, -0.25) is 0 Å². The van der Waals surface area contributed by atoms with E-state index in [0.29, 0.717) is 11.8 Å². The average molecular weight is 242 g/mol. The number of hydrogen-bond acceptors (Lipinski definition) is 3. The third kappa shape index (κ3) is 4.54. The fraction of sp³-hybridized carbons (Fsp3) is 0.923. The lowest BCUT2D eigenvalue weighted by molar-refractivity contribution is 0.0113. The van der Waals surface area contributed by atoms with Crippen molar-refractivity contribution >= 4 is 6.09 Å². The first-order chi connectivity index (χ1) is 7.83. The van der Waals surface area contributed by atoms with Gasteiger partial charge in [0.25, 0.3) is 0 Å². The first-order valence-electron chi connectivity index (χ1n) is 6.51. The van der Waals surface area contributed by atoms with E-state index in [-0.39, 0.29) is 6.09 Å². The second-order valence-electron chi connectivity index (χ2n) is 6.03. The molecule has 0 aromatic rings. The first-order valence-corrected chi connectivity index (χ1v) is 6.51. The third-order valence-electron chi connectivity index (χ3n) is 3.27. The highest BCUT2D eigenvalue weighted by atomic mass is 16.6. The molecule has 0 radical (unpaired) electrons. The Hall–Kier alpha value is -0.770. The molecule has 1 fully saturated rings. The molecule has 1 amide bonds. The van der Waals surface area contributed by atoms with Crippen molar-refractivity contribution in [2.24, 2.45) is 17.6 Å². The van der Waals surface area contributed by atoms with Crippen molar-refractivity contribution in [3.05, 3.63) is 0 Å². The highest BCUT2D eigenvalue weighted by Crippen LogP contribution is 2.26. The lowest BCUT2D eigenvalue weighted by Crippen LogP contribution is -2.45. The maximum atomic E-state index is 11.9. The van der Waals surface area contributed by atoms with Crippen LogP contribution in [0.15, 0.2) is 0 Å². The van der Waals surface area contributed by atoms with Gasteiger partial charge >= 0.3 is 6.09 Å². The van der Waals surface area contributed by atoms with Crippen LogP contribution in [0.1, 0.15) is 40.5 Å². The molecule has 4 nitrogen and oxygen atoms in total. The van der Waals surface area contributed by atoms with E-state index in [1.807, 2.05) is 25.7 Å².